The van der Waals surface area contributed by atoms with E-state index in [1.165, 1.54) is 64.2 Å². The van der Waals surface area contributed by atoms with Crippen LogP contribution in [-0.4, -0.2) is 23.2 Å². The molecule has 1 aromatic heterocycles. The first-order valence-electron chi connectivity index (χ1n) is 8.86. The second-order valence-corrected chi connectivity index (χ2v) is 6.88. The summed E-state index contributed by atoms with van der Waals surface area (Å²) < 4.78 is 5.57. The van der Waals surface area contributed by atoms with Crippen LogP contribution in [0.5, 0.6) is 0 Å². The van der Waals surface area contributed by atoms with Crippen LogP contribution in [0, 0.1) is 5.92 Å². The van der Waals surface area contributed by atoms with Gasteiger partial charge in [0.05, 0.1) is 0 Å². The van der Waals surface area contributed by atoms with Crippen molar-refractivity contribution in [2.45, 2.75) is 82.6 Å². The SMILES string of the molecule is CNC1CCCCC1Cc1nc(C2CCCCCC2)no1. The Morgan fingerprint density at radius 2 is 1.71 bits per heavy atom. The van der Waals surface area contributed by atoms with Crippen molar-refractivity contribution in [2.75, 3.05) is 7.05 Å². The zero-order valence-electron chi connectivity index (χ0n) is 13.3. The summed E-state index contributed by atoms with van der Waals surface area (Å²) in [6, 6.07) is 0.618. The van der Waals surface area contributed by atoms with Gasteiger partial charge < -0.3 is 9.84 Å². The van der Waals surface area contributed by atoms with Gasteiger partial charge in [-0.05, 0) is 38.6 Å². The van der Waals surface area contributed by atoms with E-state index in [4.69, 9.17) is 9.51 Å². The van der Waals surface area contributed by atoms with Crippen LogP contribution in [0.25, 0.3) is 0 Å². The van der Waals surface area contributed by atoms with E-state index in [-0.39, 0.29) is 0 Å². The monoisotopic (exact) mass is 291 g/mol. The van der Waals surface area contributed by atoms with Gasteiger partial charge in [-0.25, -0.2) is 0 Å². The fraction of sp³-hybridized carbons (Fsp3) is 0.882. The zero-order valence-corrected chi connectivity index (χ0v) is 13.3. The van der Waals surface area contributed by atoms with E-state index in [1.807, 2.05) is 0 Å². The highest BCUT2D eigenvalue weighted by molar-refractivity contribution is 4.98. The van der Waals surface area contributed by atoms with Gasteiger partial charge in [0, 0.05) is 18.4 Å². The van der Waals surface area contributed by atoms with E-state index >= 15 is 0 Å². The molecule has 2 fully saturated rings. The minimum atomic E-state index is 0.538. The third-order valence-corrected chi connectivity index (χ3v) is 5.42. The molecule has 2 atom stereocenters. The number of nitrogens with one attached hydrogen (secondary N) is 1. The lowest BCUT2D eigenvalue weighted by molar-refractivity contribution is 0.248. The van der Waals surface area contributed by atoms with E-state index in [9.17, 15) is 0 Å². The van der Waals surface area contributed by atoms with Crippen molar-refractivity contribution in [3.63, 3.8) is 0 Å². The van der Waals surface area contributed by atoms with E-state index in [0.29, 0.717) is 17.9 Å². The lowest BCUT2D eigenvalue weighted by atomic mass is 9.82. The van der Waals surface area contributed by atoms with Gasteiger partial charge in [0.1, 0.15) is 0 Å². The lowest BCUT2D eigenvalue weighted by Crippen LogP contribution is -2.37. The normalized spacial score (nSPS) is 28.4. The molecule has 0 bridgehead atoms. The molecular weight excluding hydrogens is 262 g/mol. The molecule has 21 heavy (non-hydrogen) atoms. The summed E-state index contributed by atoms with van der Waals surface area (Å²) in [5.74, 6) is 3.03. The van der Waals surface area contributed by atoms with Gasteiger partial charge in [-0.1, -0.05) is 43.7 Å². The Morgan fingerprint density at radius 3 is 2.48 bits per heavy atom. The minimum absolute atomic E-state index is 0.538. The molecule has 1 N–H and O–H groups in total. The van der Waals surface area contributed by atoms with Gasteiger partial charge in [-0.2, -0.15) is 4.98 Å². The van der Waals surface area contributed by atoms with Crippen LogP contribution >= 0.6 is 0 Å². The molecule has 1 heterocycles. The fourth-order valence-electron chi connectivity index (χ4n) is 4.11. The van der Waals surface area contributed by atoms with Crippen molar-refractivity contribution < 1.29 is 4.52 Å². The van der Waals surface area contributed by atoms with Gasteiger partial charge in [0.15, 0.2) is 5.82 Å². The van der Waals surface area contributed by atoms with Crippen LogP contribution in [0.1, 0.15) is 81.8 Å². The Kier molecular flexibility index (Phi) is 5.28. The van der Waals surface area contributed by atoms with Gasteiger partial charge in [0.2, 0.25) is 5.89 Å². The van der Waals surface area contributed by atoms with Crippen LogP contribution in [0.15, 0.2) is 4.52 Å². The number of rotatable bonds is 4. The van der Waals surface area contributed by atoms with Gasteiger partial charge in [-0.3, -0.25) is 0 Å². The highest BCUT2D eigenvalue weighted by atomic mass is 16.5. The first-order chi connectivity index (χ1) is 10.4. The summed E-state index contributed by atoms with van der Waals surface area (Å²) in [5.41, 5.74) is 0. The Balaban J connectivity index is 1.61. The third-order valence-electron chi connectivity index (χ3n) is 5.42. The van der Waals surface area contributed by atoms with Crippen molar-refractivity contribution in [3.8, 4) is 0 Å². The second-order valence-electron chi connectivity index (χ2n) is 6.88. The Labute approximate surface area is 128 Å². The first-order valence-corrected chi connectivity index (χ1v) is 8.86. The molecule has 0 aromatic carbocycles. The maximum Gasteiger partial charge on any atom is 0.226 e. The molecule has 3 rings (SSSR count). The highest BCUT2D eigenvalue weighted by Gasteiger charge is 2.27. The van der Waals surface area contributed by atoms with Crippen molar-refractivity contribution >= 4 is 0 Å². The Hall–Kier alpha value is -0.900. The molecule has 4 nitrogen and oxygen atoms in total. The van der Waals surface area contributed by atoms with E-state index < -0.39 is 0 Å². The first kappa shape index (κ1) is 15.0. The van der Waals surface area contributed by atoms with Crippen molar-refractivity contribution in [1.82, 2.24) is 15.5 Å². The predicted octanol–water partition coefficient (Wildman–Crippen LogP) is 3.83. The Bertz CT molecular complexity index is 423. The van der Waals surface area contributed by atoms with Crippen molar-refractivity contribution in [1.29, 1.82) is 0 Å². The molecule has 0 amide bonds. The number of hydrogen-bond donors (Lipinski definition) is 1. The standard InChI is InChI=1S/C17H29N3O/c1-18-15-11-7-6-10-14(15)12-16-19-17(20-21-16)13-8-4-2-3-5-9-13/h13-15,18H,2-12H2,1H3. The molecule has 0 radical (unpaired) electrons. The van der Waals surface area contributed by atoms with Gasteiger partial charge in [-0.15, -0.1) is 0 Å². The molecule has 4 heteroatoms. The third kappa shape index (κ3) is 3.85. The molecule has 0 spiro atoms. The van der Waals surface area contributed by atoms with E-state index in [0.717, 1.165) is 18.1 Å². The zero-order chi connectivity index (χ0) is 14.5. The summed E-state index contributed by atoms with van der Waals surface area (Å²) >= 11 is 0. The minimum Gasteiger partial charge on any atom is -0.339 e. The topological polar surface area (TPSA) is 51.0 Å². The molecule has 2 aliphatic rings. The van der Waals surface area contributed by atoms with Crippen LogP contribution in [-0.2, 0) is 6.42 Å². The molecule has 0 aliphatic heterocycles. The molecule has 2 saturated carbocycles. The molecule has 118 valence electrons. The van der Waals surface area contributed by atoms with Crippen LogP contribution < -0.4 is 5.32 Å². The maximum absolute atomic E-state index is 5.57. The summed E-state index contributed by atoms with van der Waals surface area (Å²) in [6.07, 6.45) is 14.1. The van der Waals surface area contributed by atoms with Gasteiger partial charge >= 0.3 is 0 Å². The lowest BCUT2D eigenvalue weighted by Gasteiger charge is -2.30. The fourth-order valence-corrected chi connectivity index (χ4v) is 4.11. The maximum atomic E-state index is 5.57. The quantitative estimate of drug-likeness (QED) is 0.857. The predicted molar refractivity (Wildman–Crippen MR) is 83.3 cm³/mol. The smallest absolute Gasteiger partial charge is 0.226 e. The highest BCUT2D eigenvalue weighted by Crippen LogP contribution is 2.31. The molecule has 2 unspecified atom stereocenters. The Morgan fingerprint density at radius 1 is 1.00 bits per heavy atom. The van der Waals surface area contributed by atoms with E-state index in [1.54, 1.807) is 0 Å². The van der Waals surface area contributed by atoms with Crippen LogP contribution in [0.4, 0.5) is 0 Å². The van der Waals surface area contributed by atoms with E-state index in [2.05, 4.69) is 17.5 Å². The number of aromatic nitrogens is 2. The van der Waals surface area contributed by atoms with Crippen LogP contribution in [0.3, 0.4) is 0 Å². The molecule has 1 aromatic rings. The second kappa shape index (κ2) is 7.39. The summed E-state index contributed by atoms with van der Waals surface area (Å²) in [6.45, 7) is 0. The average molecular weight is 291 g/mol. The summed E-state index contributed by atoms with van der Waals surface area (Å²) in [5, 5.41) is 7.75. The summed E-state index contributed by atoms with van der Waals surface area (Å²) in [7, 11) is 2.08. The number of hydrogen-bond acceptors (Lipinski definition) is 4. The molecule has 2 aliphatic carbocycles. The van der Waals surface area contributed by atoms with Gasteiger partial charge in [0.25, 0.3) is 0 Å². The largest absolute Gasteiger partial charge is 0.339 e. The molecular formula is C17H29N3O. The number of nitrogens with zero attached hydrogens (tertiary/aromatic N) is 2. The average Bonchev–Trinajstić information content (AvgIpc) is 2.81. The van der Waals surface area contributed by atoms with Crippen molar-refractivity contribution in [3.05, 3.63) is 11.7 Å². The van der Waals surface area contributed by atoms with Crippen molar-refractivity contribution in [2.24, 2.45) is 5.92 Å². The van der Waals surface area contributed by atoms with Crippen LogP contribution in [0.2, 0.25) is 0 Å². The molecule has 0 saturated heterocycles. The summed E-state index contributed by atoms with van der Waals surface area (Å²) in [4.78, 5) is 4.73.